The lowest BCUT2D eigenvalue weighted by atomic mass is 10.0. The van der Waals surface area contributed by atoms with Crippen molar-refractivity contribution in [2.75, 3.05) is 16.8 Å². The van der Waals surface area contributed by atoms with E-state index < -0.39 is 0 Å². The van der Waals surface area contributed by atoms with Crippen molar-refractivity contribution in [3.05, 3.63) is 54.1 Å². The highest BCUT2D eigenvalue weighted by atomic mass is 16.2. The van der Waals surface area contributed by atoms with Crippen molar-refractivity contribution in [1.29, 1.82) is 5.41 Å². The average molecular weight is 378 g/mol. The Bertz CT molecular complexity index is 922. The molecule has 7 heteroatoms. The molecule has 0 unspecified atom stereocenters. The first-order chi connectivity index (χ1) is 13.4. The number of fused-ring (bicyclic) bond motifs is 1. The lowest BCUT2D eigenvalue weighted by molar-refractivity contribution is -0.120. The van der Waals surface area contributed by atoms with Gasteiger partial charge in [-0.15, -0.1) is 0 Å². The molecule has 0 radical (unpaired) electrons. The monoisotopic (exact) mass is 378 g/mol. The van der Waals surface area contributed by atoms with Gasteiger partial charge in [0.15, 0.2) is 11.6 Å². The molecule has 146 valence electrons. The van der Waals surface area contributed by atoms with Crippen LogP contribution in [0.2, 0.25) is 0 Å². The van der Waals surface area contributed by atoms with Crippen LogP contribution in [0.5, 0.6) is 0 Å². The normalized spacial score (nSPS) is 17.1. The van der Waals surface area contributed by atoms with Crippen LogP contribution in [-0.2, 0) is 4.79 Å². The van der Waals surface area contributed by atoms with E-state index >= 15 is 0 Å². The van der Waals surface area contributed by atoms with Gasteiger partial charge >= 0.3 is 0 Å². The van der Waals surface area contributed by atoms with Crippen LogP contribution in [0.15, 0.2) is 42.7 Å². The van der Waals surface area contributed by atoms with Gasteiger partial charge < -0.3 is 15.5 Å². The number of nitrogens with one attached hydrogen (secondary N) is 1. The summed E-state index contributed by atoms with van der Waals surface area (Å²) in [6.45, 7) is 6.08. The van der Waals surface area contributed by atoms with Crippen molar-refractivity contribution in [1.82, 2.24) is 9.97 Å². The molecule has 0 bridgehead atoms. The smallest absolute Gasteiger partial charge is 0.249 e. The average Bonchev–Trinajstić information content (AvgIpc) is 2.71. The van der Waals surface area contributed by atoms with E-state index in [1.54, 1.807) is 18.1 Å². The summed E-state index contributed by atoms with van der Waals surface area (Å²) >= 11 is 0. The molecule has 1 aromatic carbocycles. The molecule has 0 fully saturated rings. The van der Waals surface area contributed by atoms with Crippen LogP contribution in [-0.4, -0.2) is 40.7 Å². The number of nitrogens with two attached hydrogens (primary N) is 1. The zero-order valence-corrected chi connectivity index (χ0v) is 16.7. The SMILES string of the molecule is CC[C@@H]1C(=O)N(C)c2cnc(/C(=C/N)C(=N)c3ccccc3)nc2N1C(C)C. The Morgan fingerprint density at radius 1 is 1.32 bits per heavy atom. The first-order valence-corrected chi connectivity index (χ1v) is 9.40. The number of benzene rings is 1. The molecular weight excluding hydrogens is 352 g/mol. The fourth-order valence-corrected chi connectivity index (χ4v) is 3.54. The highest BCUT2D eigenvalue weighted by Crippen LogP contribution is 2.36. The minimum Gasteiger partial charge on any atom is -0.404 e. The minimum atomic E-state index is -0.279. The summed E-state index contributed by atoms with van der Waals surface area (Å²) in [6.07, 6.45) is 3.68. The number of anilines is 2. The number of rotatable bonds is 5. The lowest BCUT2D eigenvalue weighted by Crippen LogP contribution is -2.55. The van der Waals surface area contributed by atoms with E-state index in [1.165, 1.54) is 6.20 Å². The van der Waals surface area contributed by atoms with E-state index in [2.05, 4.69) is 4.98 Å². The number of carbonyl (C=O) groups excluding carboxylic acids is 1. The van der Waals surface area contributed by atoms with Crippen molar-refractivity contribution in [2.45, 2.75) is 39.3 Å². The molecule has 28 heavy (non-hydrogen) atoms. The standard InChI is InChI=1S/C21H26N6O/c1-5-16-21(28)26(4)17-12-24-19(25-20(17)27(16)13(2)3)15(11-22)18(23)14-9-7-6-8-10-14/h6-13,16,23H,5,22H2,1-4H3/b15-11+,23-18?/t16-/m1/s1. The largest absolute Gasteiger partial charge is 0.404 e. The third-order valence-corrected chi connectivity index (χ3v) is 4.99. The van der Waals surface area contributed by atoms with Crippen molar-refractivity contribution in [2.24, 2.45) is 5.73 Å². The second kappa shape index (κ2) is 7.80. The second-order valence-corrected chi connectivity index (χ2v) is 7.05. The Morgan fingerprint density at radius 3 is 2.57 bits per heavy atom. The number of amides is 1. The van der Waals surface area contributed by atoms with Gasteiger partial charge in [-0.25, -0.2) is 9.97 Å². The first-order valence-electron chi connectivity index (χ1n) is 9.40. The number of hydrogen-bond acceptors (Lipinski definition) is 6. The molecule has 2 aromatic rings. The van der Waals surface area contributed by atoms with E-state index in [4.69, 9.17) is 16.1 Å². The van der Waals surface area contributed by atoms with Gasteiger partial charge in [-0.05, 0) is 20.3 Å². The summed E-state index contributed by atoms with van der Waals surface area (Å²) < 4.78 is 0. The van der Waals surface area contributed by atoms with Crippen molar-refractivity contribution in [3.8, 4) is 0 Å². The minimum absolute atomic E-state index is 0.0340. The van der Waals surface area contributed by atoms with Crippen LogP contribution < -0.4 is 15.5 Å². The molecule has 1 atom stereocenters. The van der Waals surface area contributed by atoms with Crippen LogP contribution in [0.4, 0.5) is 11.5 Å². The van der Waals surface area contributed by atoms with Gasteiger partial charge in [0.05, 0.1) is 17.5 Å². The molecule has 1 amide bonds. The molecule has 1 aliphatic heterocycles. The van der Waals surface area contributed by atoms with E-state index in [0.717, 1.165) is 5.56 Å². The van der Waals surface area contributed by atoms with Crippen LogP contribution in [0.1, 0.15) is 38.6 Å². The molecule has 0 spiro atoms. The van der Waals surface area contributed by atoms with Crippen molar-refractivity contribution in [3.63, 3.8) is 0 Å². The number of hydrogen-bond donors (Lipinski definition) is 2. The maximum atomic E-state index is 12.8. The maximum Gasteiger partial charge on any atom is 0.249 e. The summed E-state index contributed by atoms with van der Waals surface area (Å²) in [5, 5.41) is 8.54. The Balaban J connectivity index is 2.10. The third kappa shape index (κ3) is 3.24. The zero-order valence-electron chi connectivity index (χ0n) is 16.7. The van der Waals surface area contributed by atoms with Crippen LogP contribution in [0.25, 0.3) is 5.57 Å². The molecule has 1 aromatic heterocycles. The van der Waals surface area contributed by atoms with E-state index in [0.29, 0.717) is 29.3 Å². The second-order valence-electron chi connectivity index (χ2n) is 7.05. The number of carbonyl (C=O) groups is 1. The van der Waals surface area contributed by atoms with Crippen molar-refractivity contribution < 1.29 is 4.79 Å². The predicted octanol–water partition coefficient (Wildman–Crippen LogP) is 2.81. The Morgan fingerprint density at radius 2 is 2.00 bits per heavy atom. The van der Waals surface area contributed by atoms with Gasteiger partial charge in [0.1, 0.15) is 11.7 Å². The molecule has 0 saturated carbocycles. The quantitative estimate of drug-likeness (QED) is 0.780. The highest BCUT2D eigenvalue weighted by molar-refractivity contribution is 6.29. The predicted molar refractivity (Wildman–Crippen MR) is 113 cm³/mol. The third-order valence-electron chi connectivity index (χ3n) is 4.99. The summed E-state index contributed by atoms with van der Waals surface area (Å²) in [4.78, 5) is 25.6. The van der Waals surface area contributed by atoms with E-state index in [9.17, 15) is 4.79 Å². The summed E-state index contributed by atoms with van der Waals surface area (Å²) in [5.74, 6) is 1.10. The van der Waals surface area contributed by atoms with E-state index in [1.807, 2.05) is 56.0 Å². The molecule has 7 nitrogen and oxygen atoms in total. The number of allylic oxidation sites excluding steroid dienone is 1. The summed E-state index contributed by atoms with van der Waals surface area (Å²) in [5.41, 5.74) is 7.96. The summed E-state index contributed by atoms with van der Waals surface area (Å²) in [7, 11) is 1.75. The Kier molecular flexibility index (Phi) is 5.44. The van der Waals surface area contributed by atoms with Gasteiger partial charge in [-0.2, -0.15) is 0 Å². The molecule has 2 heterocycles. The zero-order chi connectivity index (χ0) is 20.4. The Hall–Kier alpha value is -3.22. The fraction of sp³-hybridized carbons (Fsp3) is 0.333. The number of aromatic nitrogens is 2. The lowest BCUT2D eigenvalue weighted by Gasteiger charge is -2.42. The van der Waals surface area contributed by atoms with Gasteiger partial charge in [0, 0.05) is 24.9 Å². The van der Waals surface area contributed by atoms with Gasteiger partial charge in [-0.3, -0.25) is 10.2 Å². The van der Waals surface area contributed by atoms with Crippen LogP contribution in [0, 0.1) is 5.41 Å². The first kappa shape index (κ1) is 19.5. The molecule has 1 aliphatic rings. The maximum absolute atomic E-state index is 12.8. The van der Waals surface area contributed by atoms with E-state index in [-0.39, 0.29) is 23.7 Å². The number of nitrogens with zero attached hydrogens (tertiary/aromatic N) is 4. The molecule has 3 rings (SSSR count). The van der Waals surface area contributed by atoms with Gasteiger partial charge in [0.2, 0.25) is 5.91 Å². The topological polar surface area (TPSA) is 99.2 Å². The number of likely N-dealkylation sites (N-methyl/N-ethyl adjacent to an activating group) is 1. The van der Waals surface area contributed by atoms with Gasteiger partial charge in [0.25, 0.3) is 0 Å². The molecule has 3 N–H and O–H groups in total. The fourth-order valence-electron chi connectivity index (χ4n) is 3.54. The molecule has 0 saturated heterocycles. The van der Waals surface area contributed by atoms with Gasteiger partial charge in [-0.1, -0.05) is 37.3 Å². The van der Waals surface area contributed by atoms with Crippen molar-refractivity contribution >= 4 is 28.7 Å². The summed E-state index contributed by atoms with van der Waals surface area (Å²) in [6, 6.07) is 9.16. The van der Waals surface area contributed by atoms with Crippen LogP contribution in [0.3, 0.4) is 0 Å². The molecular formula is C21H26N6O. The molecule has 0 aliphatic carbocycles. The van der Waals surface area contributed by atoms with Crippen LogP contribution >= 0.6 is 0 Å². The highest BCUT2D eigenvalue weighted by Gasteiger charge is 2.38. The Labute approximate surface area is 165 Å².